The van der Waals surface area contributed by atoms with Gasteiger partial charge in [0.05, 0.1) is 12.4 Å². The summed E-state index contributed by atoms with van der Waals surface area (Å²) in [5, 5.41) is 5.35. The molecule has 0 aliphatic rings. The highest BCUT2D eigenvalue weighted by molar-refractivity contribution is 7.89. The van der Waals surface area contributed by atoms with Crippen LogP contribution < -0.4 is 15.4 Å². The molecule has 1 rings (SSSR count). The summed E-state index contributed by atoms with van der Waals surface area (Å²) in [5.74, 6) is 0.164. The van der Waals surface area contributed by atoms with Gasteiger partial charge < -0.3 is 10.6 Å². The number of anilines is 1. The lowest BCUT2D eigenvalue weighted by molar-refractivity contribution is -0.118. The average Bonchev–Trinajstić information content (AvgIpc) is 2.36. The van der Waals surface area contributed by atoms with E-state index in [1.165, 1.54) is 19.3 Å². The molecule has 0 saturated carbocycles. The van der Waals surface area contributed by atoms with E-state index >= 15 is 0 Å². The maximum absolute atomic E-state index is 11.8. The summed E-state index contributed by atoms with van der Waals surface area (Å²) in [6.45, 7) is 4.24. The van der Waals surface area contributed by atoms with Crippen molar-refractivity contribution < 1.29 is 13.2 Å². The first-order valence-electron chi connectivity index (χ1n) is 5.75. The Morgan fingerprint density at radius 1 is 1.26 bits per heavy atom. The first kappa shape index (κ1) is 15.3. The molecule has 0 spiro atoms. The standard InChI is InChI=1S/C10H17N5O3S/c1-3-11-10-13-6-9(7-14-10)19(17,18)15-5-4-12-8(2)16/h6-7,15H,3-5H2,1-2H3,(H,12,16)(H,11,13,14). The van der Waals surface area contributed by atoms with E-state index < -0.39 is 10.0 Å². The smallest absolute Gasteiger partial charge is 0.243 e. The Balaban J connectivity index is 2.59. The molecule has 8 nitrogen and oxygen atoms in total. The van der Waals surface area contributed by atoms with E-state index in [2.05, 4.69) is 25.3 Å². The minimum absolute atomic E-state index is 0.0167. The first-order chi connectivity index (χ1) is 8.95. The Morgan fingerprint density at radius 2 is 1.89 bits per heavy atom. The molecule has 0 aromatic carbocycles. The van der Waals surface area contributed by atoms with Crippen molar-refractivity contribution in [3.63, 3.8) is 0 Å². The van der Waals surface area contributed by atoms with Crippen LogP contribution in [0.2, 0.25) is 0 Å². The van der Waals surface area contributed by atoms with Crippen LogP contribution in [-0.2, 0) is 14.8 Å². The van der Waals surface area contributed by atoms with E-state index in [-0.39, 0.29) is 23.9 Å². The SMILES string of the molecule is CCNc1ncc(S(=O)(=O)NCCNC(C)=O)cn1. The Kier molecular flexibility index (Phi) is 5.64. The number of rotatable bonds is 7. The normalized spacial score (nSPS) is 11.1. The molecule has 0 bridgehead atoms. The molecule has 1 aromatic rings. The van der Waals surface area contributed by atoms with Crippen LogP contribution in [0.3, 0.4) is 0 Å². The van der Waals surface area contributed by atoms with Crippen LogP contribution in [0.4, 0.5) is 5.95 Å². The van der Waals surface area contributed by atoms with Crippen molar-refractivity contribution in [2.24, 2.45) is 0 Å². The summed E-state index contributed by atoms with van der Waals surface area (Å²) >= 11 is 0. The number of aromatic nitrogens is 2. The van der Waals surface area contributed by atoms with E-state index in [0.717, 1.165) is 0 Å². The number of carbonyl (C=O) groups excluding carboxylic acids is 1. The average molecular weight is 287 g/mol. The number of nitrogens with one attached hydrogen (secondary N) is 3. The van der Waals surface area contributed by atoms with Gasteiger partial charge in [-0.05, 0) is 6.92 Å². The topological polar surface area (TPSA) is 113 Å². The molecule has 0 aliphatic heterocycles. The monoisotopic (exact) mass is 287 g/mol. The summed E-state index contributed by atoms with van der Waals surface area (Å²) in [4.78, 5) is 18.4. The molecule has 19 heavy (non-hydrogen) atoms. The lowest BCUT2D eigenvalue weighted by Gasteiger charge is -2.07. The fraction of sp³-hybridized carbons (Fsp3) is 0.500. The highest BCUT2D eigenvalue weighted by Crippen LogP contribution is 2.06. The van der Waals surface area contributed by atoms with Gasteiger partial charge in [0.15, 0.2) is 0 Å². The van der Waals surface area contributed by atoms with Gasteiger partial charge >= 0.3 is 0 Å². The van der Waals surface area contributed by atoms with Gasteiger partial charge in [0.25, 0.3) is 0 Å². The molecule has 0 unspecified atom stereocenters. The molecule has 1 aromatic heterocycles. The van der Waals surface area contributed by atoms with Crippen molar-refractivity contribution in [3.8, 4) is 0 Å². The van der Waals surface area contributed by atoms with Crippen LogP contribution in [0, 0.1) is 0 Å². The molecular formula is C10H17N5O3S. The zero-order valence-electron chi connectivity index (χ0n) is 10.8. The Labute approximate surface area is 112 Å². The molecule has 1 heterocycles. The molecule has 0 fully saturated rings. The zero-order chi connectivity index (χ0) is 14.3. The molecule has 0 atom stereocenters. The summed E-state index contributed by atoms with van der Waals surface area (Å²) in [6.07, 6.45) is 2.46. The van der Waals surface area contributed by atoms with Crippen LogP contribution in [0.15, 0.2) is 17.3 Å². The van der Waals surface area contributed by atoms with E-state index in [1.54, 1.807) is 0 Å². The summed E-state index contributed by atoms with van der Waals surface area (Å²) in [5.41, 5.74) is 0. The van der Waals surface area contributed by atoms with Crippen molar-refractivity contribution in [2.75, 3.05) is 25.0 Å². The fourth-order valence-electron chi connectivity index (χ4n) is 1.21. The quantitative estimate of drug-likeness (QED) is 0.573. The lowest BCUT2D eigenvalue weighted by atomic mass is 10.6. The number of nitrogens with zero attached hydrogens (tertiary/aromatic N) is 2. The van der Waals surface area contributed by atoms with Crippen LogP contribution in [0.1, 0.15) is 13.8 Å². The number of amides is 1. The van der Waals surface area contributed by atoms with Gasteiger partial charge in [0, 0.05) is 26.6 Å². The van der Waals surface area contributed by atoms with Gasteiger partial charge in [0.2, 0.25) is 21.9 Å². The van der Waals surface area contributed by atoms with Crippen LogP contribution >= 0.6 is 0 Å². The van der Waals surface area contributed by atoms with Crippen molar-refractivity contribution in [1.82, 2.24) is 20.0 Å². The minimum Gasteiger partial charge on any atom is -0.355 e. The van der Waals surface area contributed by atoms with Gasteiger partial charge in [-0.2, -0.15) is 0 Å². The van der Waals surface area contributed by atoms with Crippen LogP contribution in [-0.4, -0.2) is 43.9 Å². The largest absolute Gasteiger partial charge is 0.355 e. The van der Waals surface area contributed by atoms with E-state index in [4.69, 9.17) is 0 Å². The van der Waals surface area contributed by atoms with Crippen LogP contribution in [0.25, 0.3) is 0 Å². The van der Waals surface area contributed by atoms with Gasteiger partial charge in [-0.1, -0.05) is 0 Å². The molecule has 9 heteroatoms. The zero-order valence-corrected chi connectivity index (χ0v) is 11.6. The fourth-order valence-corrected chi connectivity index (χ4v) is 2.13. The molecule has 3 N–H and O–H groups in total. The number of hydrogen-bond acceptors (Lipinski definition) is 6. The van der Waals surface area contributed by atoms with E-state index in [0.29, 0.717) is 12.5 Å². The highest BCUT2D eigenvalue weighted by Gasteiger charge is 2.14. The second-order valence-corrected chi connectivity index (χ2v) is 5.42. The summed E-state index contributed by atoms with van der Waals surface area (Å²) < 4.78 is 26.0. The molecule has 1 amide bonds. The molecule has 0 radical (unpaired) electrons. The second-order valence-electron chi connectivity index (χ2n) is 3.65. The first-order valence-corrected chi connectivity index (χ1v) is 7.24. The van der Waals surface area contributed by atoms with E-state index in [1.807, 2.05) is 6.92 Å². The van der Waals surface area contributed by atoms with Gasteiger partial charge in [-0.25, -0.2) is 23.1 Å². The third kappa shape index (κ3) is 5.18. The van der Waals surface area contributed by atoms with Crippen molar-refractivity contribution >= 4 is 21.9 Å². The van der Waals surface area contributed by atoms with Crippen molar-refractivity contribution in [3.05, 3.63) is 12.4 Å². The summed E-state index contributed by atoms with van der Waals surface area (Å²) in [6, 6.07) is 0. The minimum atomic E-state index is -3.64. The molecular weight excluding hydrogens is 270 g/mol. The van der Waals surface area contributed by atoms with Crippen molar-refractivity contribution in [2.45, 2.75) is 18.7 Å². The lowest BCUT2D eigenvalue weighted by Crippen LogP contribution is -2.33. The Hall–Kier alpha value is -1.74. The molecule has 106 valence electrons. The predicted molar refractivity (Wildman–Crippen MR) is 70.1 cm³/mol. The third-order valence-corrected chi connectivity index (χ3v) is 3.48. The predicted octanol–water partition coefficient (Wildman–Crippen LogP) is -0.677. The number of carbonyl (C=O) groups is 1. The van der Waals surface area contributed by atoms with Crippen molar-refractivity contribution in [1.29, 1.82) is 0 Å². The van der Waals surface area contributed by atoms with Gasteiger partial charge in [0.1, 0.15) is 4.90 Å². The second kappa shape index (κ2) is 7.00. The van der Waals surface area contributed by atoms with Gasteiger partial charge in [-0.3, -0.25) is 4.79 Å². The highest BCUT2D eigenvalue weighted by atomic mass is 32.2. The third-order valence-electron chi connectivity index (χ3n) is 2.06. The maximum Gasteiger partial charge on any atom is 0.243 e. The molecule has 0 aliphatic carbocycles. The van der Waals surface area contributed by atoms with Gasteiger partial charge in [-0.15, -0.1) is 0 Å². The Bertz CT molecular complexity index is 514. The maximum atomic E-state index is 11.8. The Morgan fingerprint density at radius 3 is 2.42 bits per heavy atom. The number of sulfonamides is 1. The van der Waals surface area contributed by atoms with E-state index in [9.17, 15) is 13.2 Å². The summed E-state index contributed by atoms with van der Waals surface area (Å²) in [7, 11) is -3.64. The number of hydrogen-bond donors (Lipinski definition) is 3. The molecule has 0 saturated heterocycles. The van der Waals surface area contributed by atoms with Crippen LogP contribution in [0.5, 0.6) is 0 Å².